The minimum Gasteiger partial charge on any atom is -0.376 e. The number of halogens is 2. The predicted octanol–water partition coefficient (Wildman–Crippen LogP) is 2.98. The second-order valence-electron chi connectivity index (χ2n) is 5.31. The van der Waals surface area contributed by atoms with Gasteiger partial charge in [-0.2, -0.15) is 9.37 Å². The van der Waals surface area contributed by atoms with E-state index in [0.29, 0.717) is 19.1 Å². The molecule has 1 aromatic rings. The largest absolute Gasteiger partial charge is 0.376 e. The molecule has 0 aliphatic carbocycles. The Labute approximate surface area is 106 Å². The number of hydrogen-bond acceptors (Lipinski definition) is 3. The topological polar surface area (TPSA) is 34.2 Å². The van der Waals surface area contributed by atoms with Gasteiger partial charge in [-0.3, -0.25) is 0 Å². The van der Waals surface area contributed by atoms with Crippen LogP contribution in [-0.4, -0.2) is 23.7 Å². The Hall–Kier alpha value is -1.23. The highest BCUT2D eigenvalue weighted by Crippen LogP contribution is 2.28. The van der Waals surface area contributed by atoms with E-state index in [2.05, 4.69) is 10.3 Å². The van der Waals surface area contributed by atoms with Crippen molar-refractivity contribution < 1.29 is 13.5 Å². The Morgan fingerprint density at radius 2 is 2.22 bits per heavy atom. The molecule has 5 heteroatoms. The van der Waals surface area contributed by atoms with Crippen molar-refractivity contribution in [1.82, 2.24) is 4.98 Å². The summed E-state index contributed by atoms with van der Waals surface area (Å²) in [5, 5.41) is 2.88. The first-order valence-corrected chi connectivity index (χ1v) is 6.16. The van der Waals surface area contributed by atoms with Gasteiger partial charge < -0.3 is 10.1 Å². The van der Waals surface area contributed by atoms with E-state index in [9.17, 15) is 8.78 Å². The lowest BCUT2D eigenvalue weighted by Crippen LogP contribution is -2.36. The standard InChI is InChI=1S/C13H18F2N2O/c1-13(2)7-9(5-6-18-13)8-16-12-10(14)3-4-11(15)17-12/h3-4,9H,5-8H2,1-2H3,(H,16,17)/t9-/m1/s1. The van der Waals surface area contributed by atoms with Crippen LogP contribution in [0.3, 0.4) is 0 Å². The molecule has 0 amide bonds. The molecule has 100 valence electrons. The molecule has 0 bridgehead atoms. The molecule has 1 N–H and O–H groups in total. The summed E-state index contributed by atoms with van der Waals surface area (Å²) < 4.78 is 31.9. The normalized spacial score (nSPS) is 22.8. The molecular weight excluding hydrogens is 238 g/mol. The molecule has 0 spiro atoms. The molecule has 18 heavy (non-hydrogen) atoms. The minimum absolute atomic E-state index is 0.0145. The third-order valence-corrected chi connectivity index (χ3v) is 3.17. The van der Waals surface area contributed by atoms with Crippen LogP contribution in [0.25, 0.3) is 0 Å². The Kier molecular flexibility index (Phi) is 3.80. The van der Waals surface area contributed by atoms with Crippen molar-refractivity contribution in [3.05, 3.63) is 23.9 Å². The maximum atomic E-state index is 13.4. The maximum Gasteiger partial charge on any atom is 0.214 e. The van der Waals surface area contributed by atoms with Gasteiger partial charge >= 0.3 is 0 Å². The molecule has 2 heterocycles. The monoisotopic (exact) mass is 256 g/mol. The van der Waals surface area contributed by atoms with Gasteiger partial charge in [-0.05, 0) is 44.7 Å². The van der Waals surface area contributed by atoms with Crippen molar-refractivity contribution in [1.29, 1.82) is 0 Å². The van der Waals surface area contributed by atoms with Crippen LogP contribution < -0.4 is 5.32 Å². The van der Waals surface area contributed by atoms with E-state index in [1.54, 1.807) is 0 Å². The van der Waals surface area contributed by atoms with Gasteiger partial charge in [-0.15, -0.1) is 0 Å². The van der Waals surface area contributed by atoms with Crippen LogP contribution in [0.4, 0.5) is 14.6 Å². The zero-order valence-corrected chi connectivity index (χ0v) is 10.7. The van der Waals surface area contributed by atoms with Gasteiger partial charge in [0.2, 0.25) is 5.95 Å². The van der Waals surface area contributed by atoms with Crippen molar-refractivity contribution in [2.24, 2.45) is 5.92 Å². The van der Waals surface area contributed by atoms with E-state index < -0.39 is 11.8 Å². The molecule has 0 unspecified atom stereocenters. The molecule has 1 aliphatic rings. The van der Waals surface area contributed by atoms with Crippen LogP contribution in [0, 0.1) is 17.7 Å². The lowest BCUT2D eigenvalue weighted by molar-refractivity contribution is -0.0700. The first-order chi connectivity index (χ1) is 8.46. The molecule has 1 fully saturated rings. The summed E-state index contributed by atoms with van der Waals surface area (Å²) in [6.07, 6.45) is 1.82. The predicted molar refractivity (Wildman–Crippen MR) is 65.4 cm³/mol. The number of ether oxygens (including phenoxy) is 1. The molecule has 2 rings (SSSR count). The van der Waals surface area contributed by atoms with E-state index in [1.807, 2.05) is 13.8 Å². The van der Waals surface area contributed by atoms with E-state index in [0.717, 1.165) is 25.0 Å². The lowest BCUT2D eigenvalue weighted by Gasteiger charge is -2.35. The first kappa shape index (κ1) is 13.2. The van der Waals surface area contributed by atoms with Crippen LogP contribution in [0.1, 0.15) is 26.7 Å². The molecule has 0 saturated carbocycles. The van der Waals surface area contributed by atoms with Crippen molar-refractivity contribution in [3.8, 4) is 0 Å². The quantitative estimate of drug-likeness (QED) is 0.844. The zero-order valence-electron chi connectivity index (χ0n) is 10.7. The summed E-state index contributed by atoms with van der Waals surface area (Å²) in [7, 11) is 0. The van der Waals surface area contributed by atoms with E-state index >= 15 is 0 Å². The molecule has 0 radical (unpaired) electrons. The van der Waals surface area contributed by atoms with Crippen LogP contribution >= 0.6 is 0 Å². The number of rotatable bonds is 3. The molecule has 1 saturated heterocycles. The van der Waals surface area contributed by atoms with Crippen molar-refractivity contribution >= 4 is 5.82 Å². The SMILES string of the molecule is CC1(C)C[C@H](CNc2nc(F)ccc2F)CCO1. The smallest absolute Gasteiger partial charge is 0.214 e. The molecule has 1 atom stereocenters. The van der Waals surface area contributed by atoms with Crippen molar-refractivity contribution in [2.75, 3.05) is 18.5 Å². The highest BCUT2D eigenvalue weighted by molar-refractivity contribution is 5.35. The summed E-state index contributed by atoms with van der Waals surface area (Å²) in [6.45, 7) is 5.37. The number of nitrogens with zero attached hydrogens (tertiary/aromatic N) is 1. The molecule has 0 aromatic carbocycles. The average Bonchev–Trinajstić information content (AvgIpc) is 2.29. The minimum atomic E-state index is -0.675. The van der Waals surface area contributed by atoms with E-state index in [1.165, 1.54) is 0 Å². The summed E-state index contributed by atoms with van der Waals surface area (Å²) in [4.78, 5) is 3.51. The fraction of sp³-hybridized carbons (Fsp3) is 0.615. The Balaban J connectivity index is 1.93. The van der Waals surface area contributed by atoms with Crippen molar-refractivity contribution in [3.63, 3.8) is 0 Å². The summed E-state index contributed by atoms with van der Waals surface area (Å²) in [5.74, 6) is -0.827. The van der Waals surface area contributed by atoms with Gasteiger partial charge in [0.15, 0.2) is 11.6 Å². The van der Waals surface area contributed by atoms with Gasteiger partial charge in [0.1, 0.15) is 0 Å². The second-order valence-corrected chi connectivity index (χ2v) is 5.31. The number of anilines is 1. The van der Waals surface area contributed by atoms with Crippen LogP contribution in [0.5, 0.6) is 0 Å². The summed E-state index contributed by atoms with van der Waals surface area (Å²) in [6, 6.07) is 2.09. The molecule has 1 aliphatic heterocycles. The fourth-order valence-corrected chi connectivity index (χ4v) is 2.32. The Morgan fingerprint density at radius 3 is 2.94 bits per heavy atom. The first-order valence-electron chi connectivity index (χ1n) is 6.16. The van der Waals surface area contributed by atoms with Crippen LogP contribution in [-0.2, 0) is 4.74 Å². The van der Waals surface area contributed by atoms with Gasteiger partial charge in [0.25, 0.3) is 0 Å². The second kappa shape index (κ2) is 5.18. The summed E-state index contributed by atoms with van der Waals surface area (Å²) in [5.41, 5.74) is -0.140. The van der Waals surface area contributed by atoms with Gasteiger partial charge in [0.05, 0.1) is 5.60 Å². The van der Waals surface area contributed by atoms with E-state index in [-0.39, 0.29) is 11.4 Å². The summed E-state index contributed by atoms with van der Waals surface area (Å²) >= 11 is 0. The fourth-order valence-electron chi connectivity index (χ4n) is 2.32. The van der Waals surface area contributed by atoms with Crippen LogP contribution in [0.2, 0.25) is 0 Å². The lowest BCUT2D eigenvalue weighted by atomic mass is 9.88. The highest BCUT2D eigenvalue weighted by atomic mass is 19.1. The third kappa shape index (κ3) is 3.38. The van der Waals surface area contributed by atoms with Crippen molar-refractivity contribution in [2.45, 2.75) is 32.3 Å². The van der Waals surface area contributed by atoms with Gasteiger partial charge in [0, 0.05) is 13.2 Å². The van der Waals surface area contributed by atoms with E-state index in [4.69, 9.17) is 4.74 Å². The Bertz CT molecular complexity index is 423. The number of aromatic nitrogens is 1. The zero-order chi connectivity index (χ0) is 13.2. The van der Waals surface area contributed by atoms with Gasteiger partial charge in [-0.25, -0.2) is 4.39 Å². The van der Waals surface area contributed by atoms with Gasteiger partial charge in [-0.1, -0.05) is 0 Å². The number of pyridine rings is 1. The molecular formula is C13H18F2N2O. The maximum absolute atomic E-state index is 13.4. The molecule has 1 aromatic heterocycles. The average molecular weight is 256 g/mol. The Morgan fingerprint density at radius 1 is 1.44 bits per heavy atom. The third-order valence-electron chi connectivity index (χ3n) is 3.17. The van der Waals surface area contributed by atoms with Crippen LogP contribution in [0.15, 0.2) is 12.1 Å². The number of nitrogens with one attached hydrogen (secondary N) is 1. The number of hydrogen-bond donors (Lipinski definition) is 1. The highest BCUT2D eigenvalue weighted by Gasteiger charge is 2.28. The molecule has 3 nitrogen and oxygen atoms in total.